The summed E-state index contributed by atoms with van der Waals surface area (Å²) in [4.78, 5) is 2.37. The first kappa shape index (κ1) is 16.3. The Morgan fingerprint density at radius 2 is 1.90 bits per heavy atom. The average molecular weight is 291 g/mol. The van der Waals surface area contributed by atoms with Gasteiger partial charge in [-0.05, 0) is 43.7 Å². The van der Waals surface area contributed by atoms with Crippen LogP contribution in [-0.2, 0) is 0 Å². The number of β-amino-alcohol motifs (C(OH)–C–C–N with tert-alkyl or cyclic N) is 1. The van der Waals surface area contributed by atoms with Gasteiger partial charge in [0.05, 0.1) is 0 Å². The standard InChI is InChI=1S/C18H29NO2/c1-13-5-6-18(16(4)8-13)21-12-17(20)11-19-9-14(2)7-15(3)10-19/h5-6,8,14-15,17,20H,7,9-12H2,1-4H3/t14-,15+,17-/m0/s1. The van der Waals surface area contributed by atoms with Gasteiger partial charge in [0.25, 0.3) is 0 Å². The molecule has 1 heterocycles. The van der Waals surface area contributed by atoms with E-state index >= 15 is 0 Å². The van der Waals surface area contributed by atoms with E-state index in [1.54, 1.807) is 0 Å². The highest BCUT2D eigenvalue weighted by molar-refractivity contribution is 5.35. The third-order valence-electron chi connectivity index (χ3n) is 4.18. The zero-order chi connectivity index (χ0) is 15.4. The van der Waals surface area contributed by atoms with Gasteiger partial charge in [-0.1, -0.05) is 31.5 Å². The molecule has 0 saturated carbocycles. The molecule has 0 aromatic heterocycles. The SMILES string of the molecule is Cc1ccc(OC[C@@H](O)CN2C[C@H](C)C[C@H](C)C2)c(C)c1. The number of aliphatic hydroxyl groups is 1. The van der Waals surface area contributed by atoms with Gasteiger partial charge in [-0.3, -0.25) is 0 Å². The van der Waals surface area contributed by atoms with Gasteiger partial charge in [0.15, 0.2) is 0 Å². The van der Waals surface area contributed by atoms with Crippen molar-refractivity contribution in [1.29, 1.82) is 0 Å². The van der Waals surface area contributed by atoms with Gasteiger partial charge in [-0.15, -0.1) is 0 Å². The summed E-state index contributed by atoms with van der Waals surface area (Å²) in [5.74, 6) is 2.32. The predicted octanol–water partition coefficient (Wildman–Crippen LogP) is 3.02. The second-order valence-electron chi connectivity index (χ2n) is 6.90. The molecule has 1 aromatic carbocycles. The first-order valence-corrected chi connectivity index (χ1v) is 8.04. The van der Waals surface area contributed by atoms with Gasteiger partial charge >= 0.3 is 0 Å². The van der Waals surface area contributed by atoms with Crippen LogP contribution < -0.4 is 4.74 Å². The highest BCUT2D eigenvalue weighted by Gasteiger charge is 2.23. The summed E-state index contributed by atoms with van der Waals surface area (Å²) in [6.45, 7) is 12.0. The summed E-state index contributed by atoms with van der Waals surface area (Å²) in [6, 6.07) is 6.14. The maximum Gasteiger partial charge on any atom is 0.122 e. The van der Waals surface area contributed by atoms with E-state index in [1.165, 1.54) is 12.0 Å². The van der Waals surface area contributed by atoms with E-state index in [4.69, 9.17) is 4.74 Å². The van der Waals surface area contributed by atoms with E-state index in [-0.39, 0.29) is 0 Å². The fraction of sp³-hybridized carbons (Fsp3) is 0.667. The minimum Gasteiger partial charge on any atom is -0.491 e. The molecule has 0 spiro atoms. The zero-order valence-electron chi connectivity index (χ0n) is 13.8. The van der Waals surface area contributed by atoms with Crippen molar-refractivity contribution in [1.82, 2.24) is 4.90 Å². The molecule has 1 aliphatic heterocycles. The van der Waals surface area contributed by atoms with E-state index in [9.17, 15) is 5.11 Å². The number of piperidine rings is 1. The molecule has 3 atom stereocenters. The lowest BCUT2D eigenvalue weighted by molar-refractivity contribution is 0.0427. The number of benzene rings is 1. The van der Waals surface area contributed by atoms with Crippen LogP contribution in [0.4, 0.5) is 0 Å². The maximum atomic E-state index is 10.2. The molecular formula is C18H29NO2. The fourth-order valence-electron chi connectivity index (χ4n) is 3.44. The van der Waals surface area contributed by atoms with Crippen LogP contribution in [0.5, 0.6) is 5.75 Å². The molecule has 0 unspecified atom stereocenters. The third-order valence-corrected chi connectivity index (χ3v) is 4.18. The molecule has 2 rings (SSSR count). The van der Waals surface area contributed by atoms with Crippen molar-refractivity contribution < 1.29 is 9.84 Å². The molecule has 3 heteroatoms. The topological polar surface area (TPSA) is 32.7 Å². The van der Waals surface area contributed by atoms with Crippen LogP contribution >= 0.6 is 0 Å². The first-order valence-electron chi connectivity index (χ1n) is 8.04. The Balaban J connectivity index is 1.80. The van der Waals surface area contributed by atoms with Crippen molar-refractivity contribution in [2.75, 3.05) is 26.2 Å². The molecule has 0 amide bonds. The smallest absolute Gasteiger partial charge is 0.122 e. The highest BCUT2D eigenvalue weighted by Crippen LogP contribution is 2.22. The number of nitrogens with zero attached hydrogens (tertiary/aromatic N) is 1. The summed E-state index contributed by atoms with van der Waals surface area (Å²) >= 11 is 0. The Hall–Kier alpha value is -1.06. The number of likely N-dealkylation sites (tertiary alicyclic amines) is 1. The molecule has 1 N–H and O–H groups in total. The Kier molecular flexibility index (Phi) is 5.65. The second kappa shape index (κ2) is 7.28. The molecule has 1 aliphatic rings. The number of ether oxygens (including phenoxy) is 1. The van der Waals surface area contributed by atoms with Crippen LogP contribution in [0.25, 0.3) is 0 Å². The summed E-state index contributed by atoms with van der Waals surface area (Å²) < 4.78 is 5.77. The zero-order valence-corrected chi connectivity index (χ0v) is 13.8. The molecule has 21 heavy (non-hydrogen) atoms. The van der Waals surface area contributed by atoms with Gasteiger partial charge < -0.3 is 14.7 Å². The van der Waals surface area contributed by atoms with E-state index in [0.717, 1.165) is 36.2 Å². The van der Waals surface area contributed by atoms with E-state index in [1.807, 2.05) is 19.1 Å². The van der Waals surface area contributed by atoms with Crippen molar-refractivity contribution in [3.63, 3.8) is 0 Å². The van der Waals surface area contributed by atoms with Gasteiger partial charge in [0.2, 0.25) is 0 Å². The quantitative estimate of drug-likeness (QED) is 0.905. The van der Waals surface area contributed by atoms with Crippen LogP contribution in [0.2, 0.25) is 0 Å². The molecule has 0 bridgehead atoms. The Bertz CT molecular complexity index is 451. The predicted molar refractivity (Wildman–Crippen MR) is 86.8 cm³/mol. The van der Waals surface area contributed by atoms with Crippen molar-refractivity contribution in [3.8, 4) is 5.75 Å². The highest BCUT2D eigenvalue weighted by atomic mass is 16.5. The Labute approximate surface area is 128 Å². The molecule has 0 aliphatic carbocycles. The normalized spacial score (nSPS) is 24.8. The van der Waals surface area contributed by atoms with Crippen LogP contribution in [0.15, 0.2) is 18.2 Å². The number of hydrogen-bond donors (Lipinski definition) is 1. The van der Waals surface area contributed by atoms with Crippen molar-refractivity contribution in [2.45, 2.75) is 40.2 Å². The van der Waals surface area contributed by atoms with Crippen molar-refractivity contribution in [3.05, 3.63) is 29.3 Å². The van der Waals surface area contributed by atoms with Crippen LogP contribution in [0.3, 0.4) is 0 Å². The van der Waals surface area contributed by atoms with Crippen LogP contribution in [0.1, 0.15) is 31.4 Å². The minimum absolute atomic E-state index is 0.364. The molecule has 0 radical (unpaired) electrons. The number of rotatable bonds is 5. The summed E-state index contributed by atoms with van der Waals surface area (Å²) in [5.41, 5.74) is 2.36. The average Bonchev–Trinajstić information content (AvgIpc) is 2.36. The van der Waals surface area contributed by atoms with E-state index < -0.39 is 6.10 Å². The second-order valence-corrected chi connectivity index (χ2v) is 6.90. The molecular weight excluding hydrogens is 262 g/mol. The van der Waals surface area contributed by atoms with Gasteiger partial charge in [0, 0.05) is 19.6 Å². The Morgan fingerprint density at radius 3 is 2.52 bits per heavy atom. The molecule has 1 saturated heterocycles. The Morgan fingerprint density at radius 1 is 1.24 bits per heavy atom. The number of hydrogen-bond acceptors (Lipinski definition) is 3. The largest absolute Gasteiger partial charge is 0.491 e. The lowest BCUT2D eigenvalue weighted by Crippen LogP contribution is -2.44. The number of aliphatic hydroxyl groups excluding tert-OH is 1. The van der Waals surface area contributed by atoms with E-state index in [0.29, 0.717) is 13.2 Å². The molecule has 118 valence electrons. The molecule has 1 fully saturated rings. The third kappa shape index (κ3) is 5.01. The number of aryl methyl sites for hydroxylation is 2. The first-order chi connectivity index (χ1) is 9.94. The molecule has 3 nitrogen and oxygen atoms in total. The summed E-state index contributed by atoms with van der Waals surface area (Å²) in [5, 5.41) is 10.2. The van der Waals surface area contributed by atoms with Crippen molar-refractivity contribution in [2.24, 2.45) is 11.8 Å². The lowest BCUT2D eigenvalue weighted by Gasteiger charge is -2.35. The monoisotopic (exact) mass is 291 g/mol. The van der Waals surface area contributed by atoms with Crippen LogP contribution in [0, 0.1) is 25.7 Å². The van der Waals surface area contributed by atoms with Crippen LogP contribution in [-0.4, -0.2) is 42.4 Å². The molecule has 1 aromatic rings. The van der Waals surface area contributed by atoms with E-state index in [2.05, 4.69) is 31.7 Å². The maximum absolute atomic E-state index is 10.2. The summed E-state index contributed by atoms with van der Waals surface area (Å²) in [7, 11) is 0. The van der Waals surface area contributed by atoms with Gasteiger partial charge in [-0.25, -0.2) is 0 Å². The van der Waals surface area contributed by atoms with Gasteiger partial charge in [0.1, 0.15) is 18.5 Å². The van der Waals surface area contributed by atoms with Gasteiger partial charge in [-0.2, -0.15) is 0 Å². The summed E-state index contributed by atoms with van der Waals surface area (Å²) in [6.07, 6.45) is 0.870. The minimum atomic E-state index is -0.428. The lowest BCUT2D eigenvalue weighted by atomic mass is 9.92. The fourth-order valence-corrected chi connectivity index (χ4v) is 3.44. The van der Waals surface area contributed by atoms with Crippen molar-refractivity contribution >= 4 is 0 Å².